The predicted molar refractivity (Wildman–Crippen MR) is 122 cm³/mol. The molecular weight excluding hydrogens is 404 g/mol. The van der Waals surface area contributed by atoms with Crippen molar-refractivity contribution in [3.63, 3.8) is 0 Å². The van der Waals surface area contributed by atoms with Gasteiger partial charge in [-0.15, -0.1) is 20.4 Å². The molecular formula is C22H32N10. The molecule has 0 N–H and O–H groups in total. The Kier molecular flexibility index (Phi) is 6.00. The first-order chi connectivity index (χ1) is 15.8. The molecule has 0 aromatic carbocycles. The SMILES string of the molecule is CCn1cnnc1C1CCN(c2cc(N3CCC(c4nncn4CC)CC3)ncn2)CC1. The van der Waals surface area contributed by atoms with E-state index >= 15 is 0 Å². The van der Waals surface area contributed by atoms with Gasteiger partial charge in [-0.3, -0.25) is 0 Å². The summed E-state index contributed by atoms with van der Waals surface area (Å²) in [6, 6.07) is 2.16. The zero-order valence-corrected chi connectivity index (χ0v) is 19.0. The van der Waals surface area contributed by atoms with E-state index in [1.165, 1.54) is 0 Å². The summed E-state index contributed by atoms with van der Waals surface area (Å²) in [6.07, 6.45) is 9.68. The lowest BCUT2D eigenvalue weighted by Crippen LogP contribution is -2.36. The lowest BCUT2D eigenvalue weighted by Gasteiger charge is -2.34. The highest BCUT2D eigenvalue weighted by molar-refractivity contribution is 5.50. The molecule has 2 aliphatic heterocycles. The Bertz CT molecular complexity index is 934. The molecule has 2 saturated heterocycles. The number of nitrogens with zero attached hydrogens (tertiary/aromatic N) is 10. The fourth-order valence-electron chi connectivity index (χ4n) is 5.06. The number of aryl methyl sites for hydroxylation is 2. The maximum absolute atomic E-state index is 4.59. The minimum atomic E-state index is 0.471. The molecule has 0 unspecified atom stereocenters. The molecule has 5 heterocycles. The number of aromatic nitrogens is 8. The number of rotatable bonds is 6. The molecule has 10 heteroatoms. The number of piperidine rings is 2. The topological polar surface area (TPSA) is 93.7 Å². The number of hydrogen-bond donors (Lipinski definition) is 0. The van der Waals surface area contributed by atoms with E-state index in [1.807, 2.05) is 12.7 Å². The highest BCUT2D eigenvalue weighted by Crippen LogP contribution is 2.32. The van der Waals surface area contributed by atoms with Crippen LogP contribution in [0, 0.1) is 0 Å². The second-order valence-corrected chi connectivity index (χ2v) is 8.71. The summed E-state index contributed by atoms with van der Waals surface area (Å²) in [4.78, 5) is 13.9. The molecule has 2 fully saturated rings. The number of hydrogen-bond acceptors (Lipinski definition) is 8. The molecule has 0 saturated carbocycles. The van der Waals surface area contributed by atoms with Gasteiger partial charge in [-0.1, -0.05) is 0 Å². The van der Waals surface area contributed by atoms with Gasteiger partial charge < -0.3 is 18.9 Å². The normalized spacial score (nSPS) is 18.4. The Morgan fingerprint density at radius 3 is 1.56 bits per heavy atom. The molecule has 3 aromatic rings. The first kappa shape index (κ1) is 20.8. The average Bonchev–Trinajstić information content (AvgIpc) is 3.54. The van der Waals surface area contributed by atoms with E-state index < -0.39 is 0 Å². The van der Waals surface area contributed by atoms with Gasteiger partial charge in [0.05, 0.1) is 0 Å². The van der Waals surface area contributed by atoms with Gasteiger partial charge in [0.25, 0.3) is 0 Å². The van der Waals surface area contributed by atoms with Gasteiger partial charge >= 0.3 is 0 Å². The van der Waals surface area contributed by atoms with Crippen molar-refractivity contribution in [2.45, 2.75) is 64.5 Å². The fraction of sp³-hybridized carbons (Fsp3) is 0.636. The van der Waals surface area contributed by atoms with Crippen LogP contribution in [0.15, 0.2) is 25.0 Å². The van der Waals surface area contributed by atoms with Crippen molar-refractivity contribution >= 4 is 11.6 Å². The molecule has 0 bridgehead atoms. The van der Waals surface area contributed by atoms with Crippen molar-refractivity contribution in [2.24, 2.45) is 0 Å². The zero-order valence-electron chi connectivity index (χ0n) is 19.0. The summed E-state index contributed by atoms with van der Waals surface area (Å²) in [5.74, 6) is 5.24. The lowest BCUT2D eigenvalue weighted by atomic mass is 9.95. The van der Waals surface area contributed by atoms with Crippen molar-refractivity contribution in [1.29, 1.82) is 0 Å². The van der Waals surface area contributed by atoms with Crippen molar-refractivity contribution in [2.75, 3.05) is 36.0 Å². The molecule has 170 valence electrons. The van der Waals surface area contributed by atoms with E-state index in [1.54, 1.807) is 6.33 Å². The van der Waals surface area contributed by atoms with Gasteiger partial charge in [-0.05, 0) is 39.5 Å². The molecule has 3 aromatic heterocycles. The third-order valence-corrected chi connectivity index (χ3v) is 6.98. The predicted octanol–water partition coefficient (Wildman–Crippen LogP) is 2.47. The summed E-state index contributed by atoms with van der Waals surface area (Å²) < 4.78 is 4.32. The third-order valence-electron chi connectivity index (χ3n) is 6.98. The fourth-order valence-corrected chi connectivity index (χ4v) is 5.06. The standard InChI is InChI=1S/C22H32N10/c1-3-29-15-25-27-21(29)17-5-9-31(10-6-17)19-13-20(24-14-23-19)32-11-7-18(8-12-32)22-28-26-16-30(22)4-2/h13-18H,3-12H2,1-2H3. The first-order valence-electron chi connectivity index (χ1n) is 11.8. The molecule has 32 heavy (non-hydrogen) atoms. The Hall–Kier alpha value is -3.04. The van der Waals surface area contributed by atoms with E-state index in [0.29, 0.717) is 11.8 Å². The highest BCUT2D eigenvalue weighted by atomic mass is 15.3. The van der Waals surface area contributed by atoms with E-state index in [2.05, 4.69) is 69.2 Å². The first-order valence-corrected chi connectivity index (χ1v) is 11.8. The second-order valence-electron chi connectivity index (χ2n) is 8.71. The summed E-state index contributed by atoms with van der Waals surface area (Å²) >= 11 is 0. The highest BCUT2D eigenvalue weighted by Gasteiger charge is 2.27. The Morgan fingerprint density at radius 1 is 0.719 bits per heavy atom. The minimum absolute atomic E-state index is 0.471. The maximum Gasteiger partial charge on any atom is 0.136 e. The van der Waals surface area contributed by atoms with Gasteiger partial charge in [-0.25, -0.2) is 9.97 Å². The second kappa shape index (κ2) is 9.22. The number of anilines is 2. The molecule has 2 aliphatic rings. The largest absolute Gasteiger partial charge is 0.356 e. The molecule has 0 spiro atoms. The molecule has 5 rings (SSSR count). The summed E-state index contributed by atoms with van der Waals surface area (Å²) in [5, 5.41) is 17.0. The minimum Gasteiger partial charge on any atom is -0.356 e. The van der Waals surface area contributed by atoms with Crippen LogP contribution < -0.4 is 9.80 Å². The molecule has 0 radical (unpaired) electrons. The Balaban J connectivity index is 1.20. The summed E-state index contributed by atoms with van der Waals surface area (Å²) in [7, 11) is 0. The van der Waals surface area contributed by atoms with Crippen LogP contribution in [0.25, 0.3) is 0 Å². The zero-order chi connectivity index (χ0) is 21.9. The lowest BCUT2D eigenvalue weighted by molar-refractivity contribution is 0.462. The van der Waals surface area contributed by atoms with Crippen LogP contribution in [0.5, 0.6) is 0 Å². The van der Waals surface area contributed by atoms with E-state index in [9.17, 15) is 0 Å². The van der Waals surface area contributed by atoms with Crippen LogP contribution in [0.2, 0.25) is 0 Å². The van der Waals surface area contributed by atoms with Crippen molar-refractivity contribution < 1.29 is 0 Å². The third kappa shape index (κ3) is 4.05. The molecule has 0 aliphatic carbocycles. The van der Waals surface area contributed by atoms with Gasteiger partial charge in [0.1, 0.15) is 42.3 Å². The van der Waals surface area contributed by atoms with Crippen LogP contribution in [-0.2, 0) is 13.1 Å². The Labute approximate surface area is 188 Å². The van der Waals surface area contributed by atoms with Gasteiger partial charge in [0.15, 0.2) is 0 Å². The van der Waals surface area contributed by atoms with Crippen LogP contribution in [0.3, 0.4) is 0 Å². The average molecular weight is 437 g/mol. The Morgan fingerprint density at radius 2 is 1.16 bits per heavy atom. The van der Waals surface area contributed by atoms with Crippen molar-refractivity contribution in [3.05, 3.63) is 36.7 Å². The van der Waals surface area contributed by atoms with E-state index in [-0.39, 0.29) is 0 Å². The monoisotopic (exact) mass is 436 g/mol. The van der Waals surface area contributed by atoms with Crippen LogP contribution in [-0.4, -0.2) is 65.7 Å². The summed E-state index contributed by atoms with van der Waals surface area (Å²) in [6.45, 7) is 10.0. The van der Waals surface area contributed by atoms with Gasteiger partial charge in [-0.2, -0.15) is 0 Å². The smallest absolute Gasteiger partial charge is 0.136 e. The van der Waals surface area contributed by atoms with Crippen LogP contribution >= 0.6 is 0 Å². The van der Waals surface area contributed by atoms with E-state index in [0.717, 1.165) is 88.2 Å². The van der Waals surface area contributed by atoms with Crippen LogP contribution in [0.1, 0.15) is 63.0 Å². The van der Waals surface area contributed by atoms with Gasteiger partial charge in [0, 0.05) is 57.2 Å². The van der Waals surface area contributed by atoms with Crippen molar-refractivity contribution in [1.82, 2.24) is 39.5 Å². The van der Waals surface area contributed by atoms with Gasteiger partial charge in [0.2, 0.25) is 0 Å². The van der Waals surface area contributed by atoms with E-state index in [4.69, 9.17) is 0 Å². The van der Waals surface area contributed by atoms with Crippen molar-refractivity contribution in [3.8, 4) is 0 Å². The maximum atomic E-state index is 4.59. The van der Waals surface area contributed by atoms with Crippen LogP contribution in [0.4, 0.5) is 11.6 Å². The molecule has 10 nitrogen and oxygen atoms in total. The molecule has 0 atom stereocenters. The molecule has 0 amide bonds. The quantitative estimate of drug-likeness (QED) is 0.582. The summed E-state index contributed by atoms with van der Waals surface area (Å²) in [5.41, 5.74) is 0.